The maximum absolute atomic E-state index is 11.8. The Labute approximate surface area is 176 Å². The lowest BCUT2D eigenvalue weighted by molar-refractivity contribution is -0.0771. The molecule has 164 valence electrons. The number of carbonyl (C=O) groups excluding carboxylic acids is 1. The molecule has 2 unspecified atom stereocenters. The highest BCUT2D eigenvalue weighted by Gasteiger charge is 2.16. The summed E-state index contributed by atoms with van der Waals surface area (Å²) in [5.41, 5.74) is 1.36. The van der Waals surface area contributed by atoms with E-state index in [0.29, 0.717) is 18.4 Å². The minimum absolute atomic E-state index is 0.221. The predicted octanol–water partition coefficient (Wildman–Crippen LogP) is 6.03. The van der Waals surface area contributed by atoms with Gasteiger partial charge in [-0.05, 0) is 62.1 Å². The van der Waals surface area contributed by atoms with E-state index in [4.69, 9.17) is 14.2 Å². The first-order valence-electron chi connectivity index (χ1n) is 11.3. The number of carbonyl (C=O) groups is 1. The molecule has 0 spiro atoms. The Morgan fingerprint density at radius 3 is 2.38 bits per heavy atom. The Morgan fingerprint density at radius 2 is 1.76 bits per heavy atom. The van der Waals surface area contributed by atoms with Crippen LogP contribution in [0.1, 0.15) is 84.1 Å². The van der Waals surface area contributed by atoms with Gasteiger partial charge in [0.2, 0.25) is 0 Å². The molecule has 29 heavy (non-hydrogen) atoms. The van der Waals surface area contributed by atoms with E-state index in [9.17, 15) is 4.79 Å². The van der Waals surface area contributed by atoms with Gasteiger partial charge in [-0.1, -0.05) is 52.2 Å². The van der Waals surface area contributed by atoms with Crippen LogP contribution in [0.3, 0.4) is 0 Å². The summed E-state index contributed by atoms with van der Waals surface area (Å²) in [6.07, 6.45) is 7.31. The number of rotatable bonds is 11. The van der Waals surface area contributed by atoms with Gasteiger partial charge in [-0.2, -0.15) is 0 Å². The molecule has 1 aliphatic carbocycles. The summed E-state index contributed by atoms with van der Waals surface area (Å²) >= 11 is 0. The third kappa shape index (κ3) is 9.07. The van der Waals surface area contributed by atoms with Crippen LogP contribution >= 0.6 is 0 Å². The van der Waals surface area contributed by atoms with Crippen molar-refractivity contribution in [1.29, 1.82) is 0 Å². The van der Waals surface area contributed by atoms with Crippen molar-refractivity contribution in [3.8, 4) is 5.75 Å². The molecular formula is C24H39NO4. The zero-order chi connectivity index (χ0) is 21.1. The molecule has 1 aliphatic rings. The SMILES string of the molecule is CCC(CC(C)C)c1ccc(OC(C)OCCOC(=O)NC2CCCCC2)cc1. The molecule has 0 aromatic heterocycles. The molecular weight excluding hydrogens is 366 g/mol. The quantitative estimate of drug-likeness (QED) is 0.361. The molecule has 2 atom stereocenters. The predicted molar refractivity (Wildman–Crippen MR) is 116 cm³/mol. The van der Waals surface area contributed by atoms with Gasteiger partial charge < -0.3 is 19.5 Å². The van der Waals surface area contributed by atoms with Crippen molar-refractivity contribution in [2.45, 2.75) is 90.9 Å². The second-order valence-corrected chi connectivity index (χ2v) is 8.48. The van der Waals surface area contributed by atoms with Crippen LogP contribution in [-0.4, -0.2) is 31.6 Å². The van der Waals surface area contributed by atoms with Gasteiger partial charge in [-0.3, -0.25) is 0 Å². The van der Waals surface area contributed by atoms with Crippen molar-refractivity contribution in [2.75, 3.05) is 13.2 Å². The van der Waals surface area contributed by atoms with E-state index in [1.807, 2.05) is 19.1 Å². The number of amides is 1. The molecule has 1 N–H and O–H groups in total. The maximum Gasteiger partial charge on any atom is 0.407 e. The Bertz CT molecular complexity index is 581. The van der Waals surface area contributed by atoms with E-state index in [2.05, 4.69) is 38.2 Å². The summed E-state index contributed by atoms with van der Waals surface area (Å²) in [5.74, 6) is 2.07. The van der Waals surface area contributed by atoms with E-state index in [1.54, 1.807) is 0 Å². The van der Waals surface area contributed by atoms with Crippen molar-refractivity contribution in [3.05, 3.63) is 29.8 Å². The highest BCUT2D eigenvalue weighted by atomic mass is 16.7. The first-order chi connectivity index (χ1) is 14.0. The molecule has 0 saturated heterocycles. The van der Waals surface area contributed by atoms with E-state index in [-0.39, 0.29) is 18.7 Å². The van der Waals surface area contributed by atoms with Crippen LogP contribution in [0.15, 0.2) is 24.3 Å². The normalized spacial score (nSPS) is 17.0. The number of ether oxygens (including phenoxy) is 3. The molecule has 1 fully saturated rings. The van der Waals surface area contributed by atoms with Crippen molar-refractivity contribution in [3.63, 3.8) is 0 Å². The van der Waals surface area contributed by atoms with Gasteiger partial charge in [-0.15, -0.1) is 0 Å². The van der Waals surface area contributed by atoms with Crippen LogP contribution in [0.4, 0.5) is 4.79 Å². The second kappa shape index (κ2) is 12.7. The average molecular weight is 406 g/mol. The largest absolute Gasteiger partial charge is 0.465 e. The van der Waals surface area contributed by atoms with Gasteiger partial charge in [0.15, 0.2) is 6.29 Å². The van der Waals surface area contributed by atoms with Gasteiger partial charge in [0.05, 0.1) is 6.61 Å². The molecule has 0 radical (unpaired) electrons. The minimum atomic E-state index is -0.400. The van der Waals surface area contributed by atoms with E-state index in [1.165, 1.54) is 31.2 Å². The van der Waals surface area contributed by atoms with Crippen LogP contribution in [0.2, 0.25) is 0 Å². The van der Waals surface area contributed by atoms with Gasteiger partial charge in [-0.25, -0.2) is 4.79 Å². The van der Waals surface area contributed by atoms with Crippen molar-refractivity contribution >= 4 is 6.09 Å². The molecule has 0 heterocycles. The molecule has 1 amide bonds. The number of hydrogen-bond acceptors (Lipinski definition) is 4. The average Bonchev–Trinajstić information content (AvgIpc) is 2.71. The lowest BCUT2D eigenvalue weighted by Crippen LogP contribution is -2.37. The van der Waals surface area contributed by atoms with Gasteiger partial charge in [0, 0.05) is 6.04 Å². The summed E-state index contributed by atoms with van der Waals surface area (Å²) in [5, 5.41) is 2.93. The first-order valence-corrected chi connectivity index (χ1v) is 11.3. The highest BCUT2D eigenvalue weighted by molar-refractivity contribution is 5.67. The summed E-state index contributed by atoms with van der Waals surface area (Å²) in [6.45, 7) is 9.15. The van der Waals surface area contributed by atoms with Gasteiger partial charge in [0.25, 0.3) is 0 Å². The maximum atomic E-state index is 11.8. The molecule has 0 bridgehead atoms. The molecule has 2 rings (SSSR count). The monoisotopic (exact) mass is 405 g/mol. The standard InChI is InChI=1S/C24H39NO4/c1-5-20(17-18(2)3)21-11-13-23(14-12-21)29-19(4)27-15-16-28-24(26)25-22-9-7-6-8-10-22/h11-14,18-20,22H,5-10,15-17H2,1-4H3,(H,25,26). The fourth-order valence-electron chi connectivity index (χ4n) is 3.96. The Kier molecular flexibility index (Phi) is 10.3. The number of alkyl carbamates (subject to hydrolysis) is 1. The van der Waals surface area contributed by atoms with E-state index in [0.717, 1.165) is 25.0 Å². The minimum Gasteiger partial charge on any atom is -0.465 e. The summed E-state index contributed by atoms with van der Waals surface area (Å²) in [7, 11) is 0. The van der Waals surface area contributed by atoms with Crippen LogP contribution < -0.4 is 10.1 Å². The lowest BCUT2D eigenvalue weighted by Gasteiger charge is -2.22. The topological polar surface area (TPSA) is 56.8 Å². The molecule has 5 heteroatoms. The van der Waals surface area contributed by atoms with Crippen molar-refractivity contribution in [2.24, 2.45) is 5.92 Å². The summed E-state index contributed by atoms with van der Waals surface area (Å²) in [4.78, 5) is 11.8. The second-order valence-electron chi connectivity index (χ2n) is 8.48. The Hall–Kier alpha value is -1.75. The van der Waals surface area contributed by atoms with E-state index >= 15 is 0 Å². The van der Waals surface area contributed by atoms with Crippen molar-refractivity contribution < 1.29 is 19.0 Å². The van der Waals surface area contributed by atoms with Crippen LogP contribution in [0, 0.1) is 5.92 Å². The molecule has 1 aromatic carbocycles. The van der Waals surface area contributed by atoms with Gasteiger partial charge in [0.1, 0.15) is 12.4 Å². The molecule has 1 saturated carbocycles. The summed E-state index contributed by atoms with van der Waals surface area (Å²) in [6, 6.07) is 8.57. The van der Waals surface area contributed by atoms with Crippen molar-refractivity contribution in [1.82, 2.24) is 5.32 Å². The van der Waals surface area contributed by atoms with Gasteiger partial charge >= 0.3 is 6.09 Å². The molecule has 0 aliphatic heterocycles. The highest BCUT2D eigenvalue weighted by Crippen LogP contribution is 2.28. The first kappa shape index (κ1) is 23.5. The zero-order valence-electron chi connectivity index (χ0n) is 18.6. The lowest BCUT2D eigenvalue weighted by atomic mass is 9.88. The number of hydrogen-bond donors (Lipinski definition) is 1. The third-order valence-electron chi connectivity index (χ3n) is 5.50. The fraction of sp³-hybridized carbons (Fsp3) is 0.708. The molecule has 1 aromatic rings. The Balaban J connectivity index is 1.64. The molecule has 5 nitrogen and oxygen atoms in total. The van der Waals surface area contributed by atoms with E-state index < -0.39 is 6.29 Å². The smallest absolute Gasteiger partial charge is 0.407 e. The van der Waals surface area contributed by atoms with Crippen LogP contribution in [0.25, 0.3) is 0 Å². The summed E-state index contributed by atoms with van der Waals surface area (Å²) < 4.78 is 16.6. The third-order valence-corrected chi connectivity index (χ3v) is 5.50. The Morgan fingerprint density at radius 1 is 1.07 bits per heavy atom. The zero-order valence-corrected chi connectivity index (χ0v) is 18.6. The van der Waals surface area contributed by atoms with Crippen LogP contribution in [-0.2, 0) is 9.47 Å². The number of benzene rings is 1. The fourth-order valence-corrected chi connectivity index (χ4v) is 3.96. The van der Waals surface area contributed by atoms with Crippen LogP contribution in [0.5, 0.6) is 5.75 Å². The number of nitrogens with one attached hydrogen (secondary N) is 1.